The van der Waals surface area contributed by atoms with Gasteiger partial charge in [0.15, 0.2) is 0 Å². The van der Waals surface area contributed by atoms with Crippen LogP contribution in [0, 0.1) is 6.92 Å². The monoisotopic (exact) mass is 266 g/mol. The van der Waals surface area contributed by atoms with Crippen molar-refractivity contribution in [2.75, 3.05) is 25.0 Å². The lowest BCUT2D eigenvalue weighted by Gasteiger charge is -2.33. The summed E-state index contributed by atoms with van der Waals surface area (Å²) in [5, 5.41) is 4.45. The van der Waals surface area contributed by atoms with Gasteiger partial charge in [-0.05, 0) is 50.4 Å². The SMILES string of the molecule is CCCN1CCC(Nc2cc(Cl)ccc2C)CC1. The lowest BCUT2D eigenvalue weighted by atomic mass is 10.0. The van der Waals surface area contributed by atoms with Gasteiger partial charge >= 0.3 is 0 Å². The largest absolute Gasteiger partial charge is 0.382 e. The lowest BCUT2D eigenvalue weighted by Crippen LogP contribution is -2.39. The van der Waals surface area contributed by atoms with Gasteiger partial charge in [0, 0.05) is 29.8 Å². The van der Waals surface area contributed by atoms with Crippen LogP contribution in [-0.4, -0.2) is 30.6 Å². The van der Waals surface area contributed by atoms with E-state index < -0.39 is 0 Å². The molecule has 0 atom stereocenters. The predicted octanol–water partition coefficient (Wildman–Crippen LogP) is 3.93. The Morgan fingerprint density at radius 3 is 2.72 bits per heavy atom. The third-order valence-corrected chi connectivity index (χ3v) is 3.92. The first kappa shape index (κ1) is 13.7. The summed E-state index contributed by atoms with van der Waals surface area (Å²) in [7, 11) is 0. The second kappa shape index (κ2) is 6.44. The van der Waals surface area contributed by atoms with Gasteiger partial charge in [-0.15, -0.1) is 0 Å². The number of halogens is 1. The van der Waals surface area contributed by atoms with Gasteiger partial charge in [0.25, 0.3) is 0 Å². The molecule has 0 aromatic heterocycles. The Morgan fingerprint density at radius 2 is 2.06 bits per heavy atom. The molecule has 1 N–H and O–H groups in total. The Bertz CT molecular complexity index is 384. The van der Waals surface area contributed by atoms with Gasteiger partial charge < -0.3 is 10.2 Å². The number of aryl methyl sites for hydroxylation is 1. The van der Waals surface area contributed by atoms with Crippen molar-refractivity contribution < 1.29 is 0 Å². The second-order valence-corrected chi connectivity index (χ2v) is 5.66. The van der Waals surface area contributed by atoms with Crippen LogP contribution in [0.25, 0.3) is 0 Å². The highest BCUT2D eigenvalue weighted by Gasteiger charge is 2.18. The Labute approximate surface area is 115 Å². The van der Waals surface area contributed by atoms with E-state index in [4.69, 9.17) is 11.6 Å². The maximum Gasteiger partial charge on any atom is 0.0426 e. The van der Waals surface area contributed by atoms with Gasteiger partial charge in [0.2, 0.25) is 0 Å². The molecule has 0 saturated carbocycles. The van der Waals surface area contributed by atoms with Crippen molar-refractivity contribution in [1.29, 1.82) is 0 Å². The summed E-state index contributed by atoms with van der Waals surface area (Å²) in [5.74, 6) is 0. The molecule has 0 aliphatic carbocycles. The number of rotatable bonds is 4. The molecule has 3 heteroatoms. The summed E-state index contributed by atoms with van der Waals surface area (Å²) in [5.41, 5.74) is 2.46. The van der Waals surface area contributed by atoms with Gasteiger partial charge in [-0.1, -0.05) is 24.6 Å². The van der Waals surface area contributed by atoms with Crippen LogP contribution in [0.5, 0.6) is 0 Å². The third-order valence-electron chi connectivity index (χ3n) is 3.69. The van der Waals surface area contributed by atoms with Crippen molar-refractivity contribution in [2.24, 2.45) is 0 Å². The van der Waals surface area contributed by atoms with Crippen molar-refractivity contribution in [3.8, 4) is 0 Å². The van der Waals surface area contributed by atoms with Crippen molar-refractivity contribution in [2.45, 2.75) is 39.2 Å². The maximum atomic E-state index is 6.05. The van der Waals surface area contributed by atoms with Gasteiger partial charge in [0.1, 0.15) is 0 Å². The first-order valence-electron chi connectivity index (χ1n) is 6.94. The van der Waals surface area contributed by atoms with Crippen molar-refractivity contribution >= 4 is 17.3 Å². The minimum Gasteiger partial charge on any atom is -0.382 e. The number of nitrogens with zero attached hydrogens (tertiary/aromatic N) is 1. The van der Waals surface area contributed by atoms with Crippen LogP contribution in [0.2, 0.25) is 5.02 Å². The molecular formula is C15H23ClN2. The van der Waals surface area contributed by atoms with E-state index in [-0.39, 0.29) is 0 Å². The summed E-state index contributed by atoms with van der Waals surface area (Å²) >= 11 is 6.05. The summed E-state index contributed by atoms with van der Waals surface area (Å²) in [6, 6.07) is 6.66. The van der Waals surface area contributed by atoms with Crippen LogP contribution >= 0.6 is 11.6 Å². The first-order chi connectivity index (χ1) is 8.69. The molecule has 0 unspecified atom stereocenters. The molecule has 18 heavy (non-hydrogen) atoms. The predicted molar refractivity (Wildman–Crippen MR) is 79.6 cm³/mol. The number of piperidine rings is 1. The summed E-state index contributed by atoms with van der Waals surface area (Å²) < 4.78 is 0. The molecule has 0 spiro atoms. The van der Waals surface area contributed by atoms with Crippen molar-refractivity contribution in [3.63, 3.8) is 0 Å². The molecular weight excluding hydrogens is 244 g/mol. The number of benzene rings is 1. The summed E-state index contributed by atoms with van der Waals surface area (Å²) in [4.78, 5) is 2.56. The molecule has 1 aliphatic heterocycles. The normalized spacial score (nSPS) is 17.9. The van der Waals surface area contributed by atoms with Crippen LogP contribution in [0.15, 0.2) is 18.2 Å². The van der Waals surface area contributed by atoms with Gasteiger partial charge in [0.05, 0.1) is 0 Å². The summed E-state index contributed by atoms with van der Waals surface area (Å²) in [6.07, 6.45) is 3.71. The molecule has 0 bridgehead atoms. The molecule has 2 rings (SSSR count). The van der Waals surface area contributed by atoms with Crippen LogP contribution in [0.1, 0.15) is 31.7 Å². The Kier molecular flexibility index (Phi) is 4.90. The van der Waals surface area contributed by atoms with E-state index in [0.29, 0.717) is 6.04 Å². The zero-order valence-corrected chi connectivity index (χ0v) is 12.1. The average molecular weight is 267 g/mol. The molecule has 2 nitrogen and oxygen atoms in total. The van der Waals surface area contributed by atoms with E-state index in [2.05, 4.69) is 30.1 Å². The minimum atomic E-state index is 0.593. The Balaban J connectivity index is 1.89. The zero-order valence-electron chi connectivity index (χ0n) is 11.4. The topological polar surface area (TPSA) is 15.3 Å². The fourth-order valence-electron chi connectivity index (χ4n) is 2.59. The average Bonchev–Trinajstić information content (AvgIpc) is 2.37. The van der Waals surface area contributed by atoms with E-state index in [9.17, 15) is 0 Å². The van der Waals surface area contributed by atoms with Crippen LogP contribution in [0.3, 0.4) is 0 Å². The first-order valence-corrected chi connectivity index (χ1v) is 7.32. The van der Waals surface area contributed by atoms with Gasteiger partial charge in [-0.2, -0.15) is 0 Å². The molecule has 1 fully saturated rings. The number of anilines is 1. The van der Waals surface area contributed by atoms with E-state index in [1.54, 1.807) is 0 Å². The van der Waals surface area contributed by atoms with Gasteiger partial charge in [-0.3, -0.25) is 0 Å². The molecule has 100 valence electrons. The zero-order chi connectivity index (χ0) is 13.0. The highest BCUT2D eigenvalue weighted by Crippen LogP contribution is 2.23. The molecule has 0 amide bonds. The number of hydrogen-bond donors (Lipinski definition) is 1. The quantitative estimate of drug-likeness (QED) is 0.888. The highest BCUT2D eigenvalue weighted by atomic mass is 35.5. The van der Waals surface area contributed by atoms with Crippen LogP contribution in [-0.2, 0) is 0 Å². The Morgan fingerprint density at radius 1 is 1.33 bits per heavy atom. The number of hydrogen-bond acceptors (Lipinski definition) is 2. The lowest BCUT2D eigenvalue weighted by molar-refractivity contribution is 0.219. The molecule has 1 aliphatic rings. The number of likely N-dealkylation sites (tertiary alicyclic amines) is 1. The number of nitrogens with one attached hydrogen (secondary N) is 1. The fraction of sp³-hybridized carbons (Fsp3) is 0.600. The Hall–Kier alpha value is -0.730. The molecule has 1 aromatic carbocycles. The van der Waals surface area contributed by atoms with E-state index in [1.165, 1.54) is 50.1 Å². The van der Waals surface area contributed by atoms with Gasteiger partial charge in [-0.25, -0.2) is 0 Å². The van der Waals surface area contributed by atoms with Crippen LogP contribution in [0.4, 0.5) is 5.69 Å². The smallest absolute Gasteiger partial charge is 0.0426 e. The standard InChI is InChI=1S/C15H23ClN2/c1-3-8-18-9-6-14(7-10-18)17-15-11-13(16)5-4-12(15)2/h4-5,11,14,17H,3,6-10H2,1-2H3. The molecule has 0 radical (unpaired) electrons. The highest BCUT2D eigenvalue weighted by molar-refractivity contribution is 6.30. The fourth-order valence-corrected chi connectivity index (χ4v) is 2.76. The van der Waals surface area contributed by atoms with E-state index in [1.807, 2.05) is 12.1 Å². The summed E-state index contributed by atoms with van der Waals surface area (Å²) in [6.45, 7) is 8.05. The van der Waals surface area contributed by atoms with Crippen molar-refractivity contribution in [3.05, 3.63) is 28.8 Å². The van der Waals surface area contributed by atoms with E-state index >= 15 is 0 Å². The molecule has 1 saturated heterocycles. The second-order valence-electron chi connectivity index (χ2n) is 5.22. The van der Waals surface area contributed by atoms with E-state index in [0.717, 1.165) is 5.02 Å². The minimum absolute atomic E-state index is 0.593. The molecule has 1 heterocycles. The van der Waals surface area contributed by atoms with Crippen molar-refractivity contribution in [1.82, 2.24) is 4.90 Å². The van der Waals surface area contributed by atoms with Crippen LogP contribution < -0.4 is 5.32 Å². The maximum absolute atomic E-state index is 6.05. The molecule has 1 aromatic rings. The third kappa shape index (κ3) is 3.63.